The van der Waals surface area contributed by atoms with E-state index in [4.69, 9.17) is 28.1 Å². The molecule has 0 radical (unpaired) electrons. The van der Waals surface area contributed by atoms with E-state index < -0.39 is 42.6 Å². The predicted octanol–water partition coefficient (Wildman–Crippen LogP) is 0.927. The molecule has 1 fully saturated rings. The monoisotopic (exact) mass is 386 g/mol. The van der Waals surface area contributed by atoms with Gasteiger partial charge in [-0.05, 0) is 5.92 Å². The van der Waals surface area contributed by atoms with E-state index in [1.807, 2.05) is 0 Å². The highest BCUT2D eigenvalue weighted by atomic mass is 19.2. The van der Waals surface area contributed by atoms with Gasteiger partial charge in [0.15, 0.2) is 6.61 Å². The van der Waals surface area contributed by atoms with Crippen molar-refractivity contribution in [3.05, 3.63) is 18.1 Å². The molecule has 0 unspecified atom stereocenters. The average Bonchev–Trinajstić information content (AvgIpc) is 3.16. The summed E-state index contributed by atoms with van der Waals surface area (Å²) in [4.78, 5) is 19.7. The molecule has 9 heteroatoms. The van der Waals surface area contributed by atoms with E-state index in [0.29, 0.717) is 10.9 Å². The fourth-order valence-electron chi connectivity index (χ4n) is 3.10. The van der Waals surface area contributed by atoms with Crippen molar-refractivity contribution < 1.29 is 23.8 Å². The van der Waals surface area contributed by atoms with Gasteiger partial charge in [0, 0.05) is 12.6 Å². The summed E-state index contributed by atoms with van der Waals surface area (Å²) in [6, 6.07) is 0. The van der Waals surface area contributed by atoms with Gasteiger partial charge < -0.3 is 20.3 Å². The van der Waals surface area contributed by atoms with Gasteiger partial charge in [0.25, 0.3) is 0 Å². The molecule has 0 aromatic carbocycles. The zero-order chi connectivity index (χ0) is 20.7. The number of fused-ring (bicyclic) bond motifs is 1. The maximum atomic E-state index is 15.3. The number of hydrogen-bond donors (Lipinski definition) is 2. The van der Waals surface area contributed by atoms with Crippen molar-refractivity contribution >= 4 is 22.8 Å². The van der Waals surface area contributed by atoms with Gasteiger partial charge in [-0.2, -0.15) is 0 Å². The lowest BCUT2D eigenvalue weighted by atomic mass is 10.1. The average molecular weight is 386 g/mol. The van der Waals surface area contributed by atoms with Crippen LogP contribution < -0.4 is 5.73 Å². The number of esters is 1. The van der Waals surface area contributed by atoms with Crippen molar-refractivity contribution in [3.63, 3.8) is 0 Å². The highest BCUT2D eigenvalue weighted by Crippen LogP contribution is 2.44. The Bertz CT molecular complexity index is 1020. The highest BCUT2D eigenvalue weighted by Gasteiger charge is 2.58. The maximum Gasteiger partial charge on any atom is 0.308 e. The number of anilines is 1. The quantitative estimate of drug-likeness (QED) is 0.594. The molecular formula is C19H19FN4O4. The van der Waals surface area contributed by atoms with E-state index >= 15 is 4.39 Å². The van der Waals surface area contributed by atoms with E-state index in [-0.39, 0.29) is 11.5 Å². The number of hydrogen-bond acceptors (Lipinski definition) is 7. The molecule has 3 N–H and O–H groups in total. The Hall–Kier alpha value is -3.14. The summed E-state index contributed by atoms with van der Waals surface area (Å²) in [5, 5.41) is 11.0. The second kappa shape index (κ2) is 6.79. The molecule has 3 rings (SSSR count). The number of alkyl halides is 1. The second-order valence-corrected chi connectivity index (χ2v) is 6.82. The second-order valence-electron chi connectivity index (χ2n) is 6.82. The van der Waals surface area contributed by atoms with Gasteiger partial charge >= 0.3 is 5.97 Å². The summed E-state index contributed by atoms with van der Waals surface area (Å²) >= 11 is 0. The van der Waals surface area contributed by atoms with Crippen LogP contribution in [0.25, 0.3) is 11.0 Å². The van der Waals surface area contributed by atoms with Gasteiger partial charge in [0.05, 0.1) is 16.9 Å². The molecule has 1 saturated heterocycles. The molecule has 3 heterocycles. The molecule has 1 aliphatic rings. The Kier molecular flexibility index (Phi) is 4.76. The van der Waals surface area contributed by atoms with Crippen LogP contribution in [0.5, 0.6) is 0 Å². The van der Waals surface area contributed by atoms with Crippen LogP contribution >= 0.6 is 0 Å². The molecule has 1 aliphatic heterocycles. The minimum absolute atomic E-state index is 0.105. The lowest BCUT2D eigenvalue weighted by Crippen LogP contribution is -2.42. The summed E-state index contributed by atoms with van der Waals surface area (Å²) in [7, 11) is 0. The van der Waals surface area contributed by atoms with Gasteiger partial charge in [-0.15, -0.1) is 12.8 Å². The van der Waals surface area contributed by atoms with Crippen LogP contribution in [-0.4, -0.2) is 44.2 Å². The van der Waals surface area contributed by atoms with Crippen LogP contribution in [0.3, 0.4) is 0 Å². The third kappa shape index (κ3) is 2.95. The molecule has 8 nitrogen and oxygen atoms in total. The Morgan fingerprint density at radius 1 is 1.57 bits per heavy atom. The zero-order valence-corrected chi connectivity index (χ0v) is 15.3. The molecule has 2 aromatic rings. The van der Waals surface area contributed by atoms with Crippen LogP contribution in [0.2, 0.25) is 0 Å². The van der Waals surface area contributed by atoms with Crippen LogP contribution in [0.1, 0.15) is 25.8 Å². The van der Waals surface area contributed by atoms with Crippen LogP contribution in [0, 0.1) is 30.6 Å². The van der Waals surface area contributed by atoms with E-state index in [2.05, 4.69) is 21.8 Å². The van der Waals surface area contributed by atoms with E-state index in [0.717, 1.165) is 0 Å². The third-order valence-corrected chi connectivity index (χ3v) is 4.52. The lowest BCUT2D eigenvalue weighted by molar-refractivity contribution is -0.217. The van der Waals surface area contributed by atoms with Gasteiger partial charge in [0.1, 0.15) is 23.9 Å². The first-order valence-electron chi connectivity index (χ1n) is 8.47. The molecule has 28 heavy (non-hydrogen) atoms. The molecule has 146 valence electrons. The van der Waals surface area contributed by atoms with E-state index in [1.165, 1.54) is 17.1 Å². The summed E-state index contributed by atoms with van der Waals surface area (Å²) < 4.78 is 26.9. The Balaban J connectivity index is 2.05. The number of nitrogen functional groups attached to an aromatic ring is 1. The first-order chi connectivity index (χ1) is 13.2. The number of aromatic nitrogens is 3. The molecule has 0 amide bonds. The molecule has 0 spiro atoms. The smallest absolute Gasteiger partial charge is 0.308 e. The number of nitrogens with two attached hydrogens (primary N) is 1. The van der Waals surface area contributed by atoms with Crippen molar-refractivity contribution in [1.82, 2.24) is 14.5 Å². The Morgan fingerprint density at radius 3 is 2.89 bits per heavy atom. The number of nitrogens with zero attached hydrogens (tertiary/aromatic N) is 3. The number of rotatable bonds is 4. The lowest BCUT2D eigenvalue weighted by Gasteiger charge is -2.29. The minimum atomic E-state index is -2.50. The number of carbonyl (C=O) groups is 1. The Morgan fingerprint density at radius 2 is 2.29 bits per heavy atom. The van der Waals surface area contributed by atoms with E-state index in [1.54, 1.807) is 13.8 Å². The van der Waals surface area contributed by atoms with Gasteiger partial charge in [-0.25, -0.2) is 14.4 Å². The first kappa shape index (κ1) is 19.6. The van der Waals surface area contributed by atoms with Crippen LogP contribution in [-0.2, 0) is 20.0 Å². The number of terminal acetylenes is 2. The molecular weight excluding hydrogens is 367 g/mol. The third-order valence-electron chi connectivity index (χ3n) is 4.52. The number of aliphatic hydroxyl groups excluding tert-OH is 1. The largest absolute Gasteiger partial charge is 0.459 e. The number of aliphatic hydroxyl groups is 1. The maximum absolute atomic E-state index is 15.3. The van der Waals surface area contributed by atoms with Gasteiger partial charge in [0.2, 0.25) is 11.6 Å². The van der Waals surface area contributed by atoms with Gasteiger partial charge in [-0.3, -0.25) is 9.36 Å². The standard InChI is InChI=1S/C19H19FN4O4/c1-5-12-8-24(16-14(12)15(21)22-10-23-16)19(6-2)13(25)7-18(20,28-19)9-27-17(26)11(3)4/h1-2,8,10-11,13,25H,7,9H2,3-4H3,(H2,21,22,23)/t13-,18+,19-/m1/s1. The summed E-state index contributed by atoms with van der Waals surface area (Å²) in [5.74, 6) is 1.29. The number of halogens is 1. The van der Waals surface area contributed by atoms with Crippen molar-refractivity contribution in [2.45, 2.75) is 38.0 Å². The molecule has 0 aliphatic carbocycles. The van der Waals surface area contributed by atoms with Crippen LogP contribution in [0.15, 0.2) is 12.5 Å². The molecule has 0 bridgehead atoms. The van der Waals surface area contributed by atoms with Crippen molar-refractivity contribution in [2.24, 2.45) is 5.92 Å². The van der Waals surface area contributed by atoms with Crippen molar-refractivity contribution in [3.8, 4) is 24.7 Å². The fraction of sp³-hybridized carbons (Fsp3) is 0.421. The van der Waals surface area contributed by atoms with Crippen molar-refractivity contribution in [2.75, 3.05) is 12.3 Å². The molecule has 2 aromatic heterocycles. The van der Waals surface area contributed by atoms with E-state index in [9.17, 15) is 9.90 Å². The minimum Gasteiger partial charge on any atom is -0.459 e. The molecule has 3 atom stereocenters. The van der Waals surface area contributed by atoms with Crippen LogP contribution in [0.4, 0.5) is 10.2 Å². The number of ether oxygens (including phenoxy) is 2. The zero-order valence-electron chi connectivity index (χ0n) is 15.3. The molecule has 0 saturated carbocycles. The summed E-state index contributed by atoms with van der Waals surface area (Å²) in [6.45, 7) is 2.50. The topological polar surface area (TPSA) is 112 Å². The highest BCUT2D eigenvalue weighted by molar-refractivity contribution is 5.92. The van der Waals surface area contributed by atoms with Gasteiger partial charge in [-0.1, -0.05) is 19.8 Å². The normalized spacial score (nSPS) is 26.9. The summed E-state index contributed by atoms with van der Waals surface area (Å²) in [5.41, 5.74) is 4.40. The summed E-state index contributed by atoms with van der Waals surface area (Å²) in [6.07, 6.45) is 11.7. The fourth-order valence-corrected chi connectivity index (χ4v) is 3.10. The van der Waals surface area contributed by atoms with Crippen molar-refractivity contribution in [1.29, 1.82) is 0 Å². The SMILES string of the molecule is C#Cc1cn([C@]2(C#C)O[C@](F)(COC(=O)C(C)C)C[C@H]2O)c2ncnc(N)c12. The first-order valence-corrected chi connectivity index (χ1v) is 8.47. The number of carbonyl (C=O) groups excluding carboxylic acids is 1. The predicted molar refractivity (Wildman–Crippen MR) is 98.0 cm³/mol. The Labute approximate surface area is 160 Å².